The number of esters is 1. The second-order valence-corrected chi connectivity index (χ2v) is 14.2. The van der Waals surface area contributed by atoms with Crippen LogP contribution >= 0.6 is 0 Å². The molecule has 4 nitrogen and oxygen atoms in total. The van der Waals surface area contributed by atoms with E-state index in [0.29, 0.717) is 6.42 Å². The summed E-state index contributed by atoms with van der Waals surface area (Å²) in [5.41, 5.74) is 0. The number of carboxylic acid groups (broad SMARTS) is 1. The van der Waals surface area contributed by atoms with Crippen LogP contribution in [0.25, 0.3) is 0 Å². The van der Waals surface area contributed by atoms with Crippen molar-refractivity contribution in [2.75, 3.05) is 0 Å². The van der Waals surface area contributed by atoms with E-state index in [1.54, 1.807) is 0 Å². The SMILES string of the molecule is CCCCCCCC/C=C\CCCCCCCCCC(=O)OC(CCCCCCCCCCCC)CCCCCCCCC(=O)O. The molecule has 272 valence electrons. The largest absolute Gasteiger partial charge is 0.481 e. The number of hydrogen-bond acceptors (Lipinski definition) is 3. The minimum Gasteiger partial charge on any atom is -0.481 e. The number of allylic oxidation sites excluding steroid dienone is 2. The van der Waals surface area contributed by atoms with Gasteiger partial charge in [-0.3, -0.25) is 9.59 Å². The average Bonchev–Trinajstić information content (AvgIpc) is 3.04. The average molecular weight is 649 g/mol. The summed E-state index contributed by atoms with van der Waals surface area (Å²) in [5, 5.41) is 8.79. The van der Waals surface area contributed by atoms with E-state index in [0.717, 1.165) is 70.6 Å². The standard InChI is InChI=1S/C42H80O4/c1-3-5-7-9-11-13-15-16-17-18-19-20-21-23-25-31-35-39-42(45)46-40(37-33-29-26-27-30-34-38-41(43)44)36-32-28-24-22-14-12-10-8-6-4-2/h16-17,40H,3-15,18-39H2,1-2H3,(H,43,44)/b17-16-. The van der Waals surface area contributed by atoms with Gasteiger partial charge in [-0.15, -0.1) is 0 Å². The molecule has 0 spiro atoms. The number of rotatable bonds is 38. The van der Waals surface area contributed by atoms with Gasteiger partial charge in [0.25, 0.3) is 0 Å². The van der Waals surface area contributed by atoms with Gasteiger partial charge in [0.15, 0.2) is 0 Å². The van der Waals surface area contributed by atoms with E-state index in [4.69, 9.17) is 9.84 Å². The predicted molar refractivity (Wildman–Crippen MR) is 200 cm³/mol. The smallest absolute Gasteiger partial charge is 0.306 e. The van der Waals surface area contributed by atoms with Crippen LogP contribution in [0.3, 0.4) is 0 Å². The number of carbonyl (C=O) groups excluding carboxylic acids is 1. The second-order valence-electron chi connectivity index (χ2n) is 14.2. The van der Waals surface area contributed by atoms with Gasteiger partial charge in [-0.25, -0.2) is 0 Å². The summed E-state index contributed by atoms with van der Waals surface area (Å²) in [4.78, 5) is 23.4. The Labute approximate surface area is 287 Å². The van der Waals surface area contributed by atoms with Gasteiger partial charge in [0.1, 0.15) is 6.10 Å². The summed E-state index contributed by atoms with van der Waals surface area (Å²) in [5.74, 6) is -0.678. The van der Waals surface area contributed by atoms with Crippen LogP contribution in [0.15, 0.2) is 12.2 Å². The number of carbonyl (C=O) groups is 2. The van der Waals surface area contributed by atoms with Crippen LogP contribution in [-0.2, 0) is 14.3 Å². The molecule has 1 N–H and O–H groups in total. The molecule has 46 heavy (non-hydrogen) atoms. The molecule has 0 aliphatic rings. The Balaban J connectivity index is 3.98. The van der Waals surface area contributed by atoms with E-state index in [1.807, 2.05) is 0 Å². The molecule has 0 saturated carbocycles. The summed E-state index contributed by atoms with van der Waals surface area (Å²) in [6.07, 6.45) is 46.6. The third-order valence-electron chi connectivity index (χ3n) is 9.49. The molecule has 1 unspecified atom stereocenters. The fourth-order valence-electron chi connectivity index (χ4n) is 6.42. The highest BCUT2D eigenvalue weighted by molar-refractivity contribution is 5.69. The minimum atomic E-state index is -0.690. The normalized spacial score (nSPS) is 12.2. The third kappa shape index (κ3) is 37.1. The molecular weight excluding hydrogens is 568 g/mol. The van der Waals surface area contributed by atoms with Crippen LogP contribution < -0.4 is 0 Å². The van der Waals surface area contributed by atoms with Crippen molar-refractivity contribution in [3.63, 3.8) is 0 Å². The zero-order valence-electron chi connectivity index (χ0n) is 31.2. The lowest BCUT2D eigenvalue weighted by Gasteiger charge is -2.18. The molecule has 0 bridgehead atoms. The molecule has 1 atom stereocenters. The van der Waals surface area contributed by atoms with Crippen LogP contribution in [0.1, 0.15) is 239 Å². The first-order valence-corrected chi connectivity index (χ1v) is 20.7. The Morgan fingerprint density at radius 3 is 1.17 bits per heavy atom. The zero-order chi connectivity index (χ0) is 33.6. The van der Waals surface area contributed by atoms with Crippen LogP contribution in [0.4, 0.5) is 0 Å². The van der Waals surface area contributed by atoms with Crippen LogP contribution in [0.2, 0.25) is 0 Å². The van der Waals surface area contributed by atoms with Crippen molar-refractivity contribution in [3.8, 4) is 0 Å². The second kappa shape index (κ2) is 38.1. The van der Waals surface area contributed by atoms with Gasteiger partial charge in [-0.1, -0.05) is 174 Å². The number of carboxylic acids is 1. The summed E-state index contributed by atoms with van der Waals surface area (Å²) in [7, 11) is 0. The Morgan fingerprint density at radius 2 is 0.783 bits per heavy atom. The fraction of sp³-hybridized carbons (Fsp3) is 0.905. The van der Waals surface area contributed by atoms with Gasteiger partial charge in [-0.05, 0) is 64.2 Å². The molecule has 0 heterocycles. The highest BCUT2D eigenvalue weighted by Gasteiger charge is 2.14. The fourth-order valence-corrected chi connectivity index (χ4v) is 6.42. The van der Waals surface area contributed by atoms with Crippen molar-refractivity contribution in [2.45, 2.75) is 245 Å². The number of hydrogen-bond donors (Lipinski definition) is 1. The van der Waals surface area contributed by atoms with Gasteiger partial charge in [0, 0.05) is 12.8 Å². The van der Waals surface area contributed by atoms with Gasteiger partial charge in [-0.2, -0.15) is 0 Å². The molecule has 0 rings (SSSR count). The molecule has 4 heteroatoms. The summed E-state index contributed by atoms with van der Waals surface area (Å²) >= 11 is 0. The quantitative estimate of drug-likeness (QED) is 0.0411. The first-order chi connectivity index (χ1) is 22.6. The molecule has 0 aliphatic carbocycles. The molecule has 0 aromatic heterocycles. The monoisotopic (exact) mass is 649 g/mol. The summed E-state index contributed by atoms with van der Waals surface area (Å²) < 4.78 is 6.02. The number of unbranched alkanes of at least 4 members (excludes halogenated alkanes) is 27. The molecule has 0 saturated heterocycles. The van der Waals surface area contributed by atoms with Crippen molar-refractivity contribution in [3.05, 3.63) is 12.2 Å². The highest BCUT2D eigenvalue weighted by atomic mass is 16.5. The molecule has 0 aromatic rings. The van der Waals surface area contributed by atoms with Gasteiger partial charge in [0.2, 0.25) is 0 Å². The first kappa shape index (κ1) is 44.7. The minimum absolute atomic E-state index is 0.0125. The lowest BCUT2D eigenvalue weighted by atomic mass is 10.0. The highest BCUT2D eigenvalue weighted by Crippen LogP contribution is 2.19. The van der Waals surface area contributed by atoms with E-state index >= 15 is 0 Å². The van der Waals surface area contributed by atoms with Gasteiger partial charge in [0.05, 0.1) is 0 Å². The molecule has 0 aromatic carbocycles. The van der Waals surface area contributed by atoms with E-state index in [1.165, 1.54) is 141 Å². The molecule has 0 amide bonds. The Morgan fingerprint density at radius 1 is 0.457 bits per heavy atom. The van der Waals surface area contributed by atoms with E-state index < -0.39 is 5.97 Å². The van der Waals surface area contributed by atoms with E-state index in [9.17, 15) is 9.59 Å². The number of aliphatic carboxylic acids is 1. The topological polar surface area (TPSA) is 63.6 Å². The van der Waals surface area contributed by atoms with Gasteiger partial charge < -0.3 is 9.84 Å². The zero-order valence-corrected chi connectivity index (χ0v) is 31.2. The maximum Gasteiger partial charge on any atom is 0.306 e. The van der Waals surface area contributed by atoms with Crippen LogP contribution in [0, 0.1) is 0 Å². The molecule has 0 fully saturated rings. The third-order valence-corrected chi connectivity index (χ3v) is 9.49. The predicted octanol–water partition coefficient (Wildman–Crippen LogP) is 14.2. The number of ether oxygens (including phenoxy) is 1. The maximum absolute atomic E-state index is 12.7. The van der Waals surface area contributed by atoms with E-state index in [-0.39, 0.29) is 18.5 Å². The Hall–Kier alpha value is -1.32. The molecular formula is C42H80O4. The molecule has 0 aliphatic heterocycles. The maximum atomic E-state index is 12.7. The lowest BCUT2D eigenvalue weighted by molar-refractivity contribution is -0.150. The van der Waals surface area contributed by atoms with E-state index in [2.05, 4.69) is 26.0 Å². The first-order valence-electron chi connectivity index (χ1n) is 20.7. The molecule has 0 radical (unpaired) electrons. The van der Waals surface area contributed by atoms with Crippen molar-refractivity contribution in [1.82, 2.24) is 0 Å². The van der Waals surface area contributed by atoms with Gasteiger partial charge >= 0.3 is 11.9 Å². The van der Waals surface area contributed by atoms with Crippen molar-refractivity contribution < 1.29 is 19.4 Å². The lowest BCUT2D eigenvalue weighted by Crippen LogP contribution is -2.18. The van der Waals surface area contributed by atoms with Crippen molar-refractivity contribution in [2.24, 2.45) is 0 Å². The van der Waals surface area contributed by atoms with Crippen molar-refractivity contribution in [1.29, 1.82) is 0 Å². The van der Waals surface area contributed by atoms with Crippen LogP contribution in [-0.4, -0.2) is 23.1 Å². The Kier molecular flexibility index (Phi) is 37.0. The summed E-state index contributed by atoms with van der Waals surface area (Å²) in [6, 6.07) is 0. The summed E-state index contributed by atoms with van der Waals surface area (Å²) in [6.45, 7) is 4.55. The van der Waals surface area contributed by atoms with Crippen molar-refractivity contribution >= 4 is 11.9 Å². The van der Waals surface area contributed by atoms with Crippen LogP contribution in [0.5, 0.6) is 0 Å². The Bertz CT molecular complexity index is 658.